The van der Waals surface area contributed by atoms with E-state index in [-0.39, 0.29) is 12.2 Å². The molecule has 3 rings (SSSR count). The predicted octanol–water partition coefficient (Wildman–Crippen LogP) is 3.98. The molecule has 0 atom stereocenters. The third-order valence-electron chi connectivity index (χ3n) is 3.89. The fourth-order valence-electron chi connectivity index (χ4n) is 2.63. The molecule has 2 aromatic heterocycles. The number of anilines is 1. The molecule has 9 heteroatoms. The van der Waals surface area contributed by atoms with Crippen molar-refractivity contribution in [1.82, 2.24) is 15.0 Å². The fraction of sp³-hybridized carbons (Fsp3) is 0.278. The fourth-order valence-corrected chi connectivity index (χ4v) is 2.63. The standard InChI is InChI=1S/C18H17F3N4O2/c1-10-24-14-8-16(27-3)15(26-2)7-13(14)17(25-10)23-9-12-6-11(4-5-22-12)18(19,20)21/h4-8H,9H2,1-3H3,(H,23,24,25). The normalized spacial score (nSPS) is 11.5. The van der Waals surface area contributed by atoms with E-state index in [1.54, 1.807) is 19.1 Å². The van der Waals surface area contributed by atoms with E-state index in [9.17, 15) is 13.2 Å². The Bertz CT molecular complexity index is 977. The Balaban J connectivity index is 1.95. The lowest BCUT2D eigenvalue weighted by Crippen LogP contribution is -2.09. The molecule has 0 aliphatic carbocycles. The van der Waals surface area contributed by atoms with Crippen molar-refractivity contribution in [3.8, 4) is 11.5 Å². The van der Waals surface area contributed by atoms with Gasteiger partial charge in [0.2, 0.25) is 0 Å². The second kappa shape index (κ2) is 7.26. The van der Waals surface area contributed by atoms with E-state index >= 15 is 0 Å². The van der Waals surface area contributed by atoms with Crippen LogP contribution in [0.1, 0.15) is 17.1 Å². The van der Waals surface area contributed by atoms with Gasteiger partial charge >= 0.3 is 6.18 Å². The lowest BCUT2D eigenvalue weighted by molar-refractivity contribution is -0.137. The van der Waals surface area contributed by atoms with Crippen LogP contribution in [0, 0.1) is 6.92 Å². The van der Waals surface area contributed by atoms with Crippen molar-refractivity contribution in [3.05, 3.63) is 47.5 Å². The zero-order valence-corrected chi connectivity index (χ0v) is 14.9. The second-order valence-electron chi connectivity index (χ2n) is 5.73. The summed E-state index contributed by atoms with van der Waals surface area (Å²) in [4.78, 5) is 12.7. The number of hydrogen-bond donors (Lipinski definition) is 1. The number of pyridine rings is 1. The number of fused-ring (bicyclic) bond motifs is 1. The molecule has 0 fully saturated rings. The van der Waals surface area contributed by atoms with Gasteiger partial charge < -0.3 is 14.8 Å². The Hall–Kier alpha value is -3.10. The van der Waals surface area contributed by atoms with E-state index in [1.807, 2.05) is 0 Å². The summed E-state index contributed by atoms with van der Waals surface area (Å²) in [6.45, 7) is 1.80. The van der Waals surface area contributed by atoms with Gasteiger partial charge in [0.05, 0.1) is 37.5 Å². The highest BCUT2D eigenvalue weighted by Gasteiger charge is 2.30. The summed E-state index contributed by atoms with van der Waals surface area (Å²) >= 11 is 0. The zero-order valence-electron chi connectivity index (χ0n) is 14.9. The van der Waals surface area contributed by atoms with Crippen LogP contribution in [-0.4, -0.2) is 29.2 Å². The van der Waals surface area contributed by atoms with E-state index in [1.165, 1.54) is 14.2 Å². The number of methoxy groups -OCH3 is 2. The van der Waals surface area contributed by atoms with Crippen molar-refractivity contribution in [1.29, 1.82) is 0 Å². The molecule has 0 saturated heterocycles. The van der Waals surface area contributed by atoms with Crippen molar-refractivity contribution >= 4 is 16.7 Å². The van der Waals surface area contributed by atoms with Crippen molar-refractivity contribution < 1.29 is 22.6 Å². The number of nitrogens with one attached hydrogen (secondary N) is 1. The minimum absolute atomic E-state index is 0.0732. The first-order chi connectivity index (χ1) is 12.8. The number of alkyl halides is 3. The molecule has 2 heterocycles. The number of rotatable bonds is 5. The molecule has 0 aliphatic rings. The maximum absolute atomic E-state index is 12.9. The molecule has 0 spiro atoms. The van der Waals surface area contributed by atoms with Crippen LogP contribution < -0.4 is 14.8 Å². The highest BCUT2D eigenvalue weighted by molar-refractivity contribution is 5.91. The highest BCUT2D eigenvalue weighted by atomic mass is 19.4. The molecule has 0 aliphatic heterocycles. The topological polar surface area (TPSA) is 69.2 Å². The predicted molar refractivity (Wildman–Crippen MR) is 93.9 cm³/mol. The van der Waals surface area contributed by atoms with Crippen LogP contribution in [-0.2, 0) is 12.7 Å². The first kappa shape index (κ1) is 18.7. The largest absolute Gasteiger partial charge is 0.493 e. The van der Waals surface area contributed by atoms with Crippen LogP contribution in [0.5, 0.6) is 11.5 Å². The maximum atomic E-state index is 12.9. The average molecular weight is 378 g/mol. The lowest BCUT2D eigenvalue weighted by Gasteiger charge is -2.13. The number of aryl methyl sites for hydroxylation is 1. The van der Waals surface area contributed by atoms with Gasteiger partial charge in [0.25, 0.3) is 0 Å². The minimum atomic E-state index is -4.42. The molecule has 0 bridgehead atoms. The van der Waals surface area contributed by atoms with E-state index in [0.717, 1.165) is 18.3 Å². The quantitative estimate of drug-likeness (QED) is 0.724. The Labute approximate surface area is 153 Å². The number of ether oxygens (including phenoxy) is 2. The van der Waals surface area contributed by atoms with Crippen LogP contribution in [0.2, 0.25) is 0 Å². The summed E-state index contributed by atoms with van der Waals surface area (Å²) in [6.07, 6.45) is -3.28. The van der Waals surface area contributed by atoms with E-state index < -0.39 is 11.7 Å². The average Bonchev–Trinajstić information content (AvgIpc) is 2.64. The van der Waals surface area contributed by atoms with Gasteiger partial charge in [-0.05, 0) is 25.1 Å². The molecule has 1 N–H and O–H groups in total. The Morgan fingerprint density at radius 1 is 1.04 bits per heavy atom. The summed E-state index contributed by atoms with van der Waals surface area (Å²) in [6, 6.07) is 5.38. The van der Waals surface area contributed by atoms with Crippen LogP contribution in [0.3, 0.4) is 0 Å². The van der Waals surface area contributed by atoms with Crippen molar-refractivity contribution in [2.45, 2.75) is 19.6 Å². The number of benzene rings is 1. The van der Waals surface area contributed by atoms with E-state index in [0.29, 0.717) is 34.0 Å². The van der Waals surface area contributed by atoms with Gasteiger partial charge in [0.1, 0.15) is 11.6 Å². The van der Waals surface area contributed by atoms with E-state index in [2.05, 4.69) is 20.3 Å². The van der Waals surface area contributed by atoms with Crippen LogP contribution in [0.4, 0.5) is 19.0 Å². The van der Waals surface area contributed by atoms with Gasteiger partial charge in [-0.25, -0.2) is 9.97 Å². The first-order valence-electron chi connectivity index (χ1n) is 7.98. The molecule has 1 aromatic carbocycles. The molecule has 142 valence electrons. The van der Waals surface area contributed by atoms with Crippen LogP contribution in [0.25, 0.3) is 10.9 Å². The molecule has 0 amide bonds. The van der Waals surface area contributed by atoms with E-state index in [4.69, 9.17) is 9.47 Å². The zero-order chi connectivity index (χ0) is 19.6. The minimum Gasteiger partial charge on any atom is -0.493 e. The van der Waals surface area contributed by atoms with Gasteiger partial charge in [0, 0.05) is 17.6 Å². The number of aromatic nitrogens is 3. The van der Waals surface area contributed by atoms with Gasteiger partial charge in [-0.1, -0.05) is 0 Å². The molecule has 6 nitrogen and oxygen atoms in total. The second-order valence-corrected chi connectivity index (χ2v) is 5.73. The highest BCUT2D eigenvalue weighted by Crippen LogP contribution is 2.34. The van der Waals surface area contributed by atoms with Gasteiger partial charge in [0.15, 0.2) is 11.5 Å². The smallest absolute Gasteiger partial charge is 0.416 e. The molecule has 27 heavy (non-hydrogen) atoms. The van der Waals surface area contributed by atoms with Gasteiger partial charge in [-0.2, -0.15) is 13.2 Å². The van der Waals surface area contributed by atoms with Crippen molar-refractivity contribution in [2.75, 3.05) is 19.5 Å². The number of nitrogens with zero attached hydrogens (tertiary/aromatic N) is 3. The Morgan fingerprint density at radius 2 is 1.74 bits per heavy atom. The molecule has 0 saturated carbocycles. The van der Waals surface area contributed by atoms with Crippen molar-refractivity contribution in [2.24, 2.45) is 0 Å². The Morgan fingerprint density at radius 3 is 2.41 bits per heavy atom. The number of halogens is 3. The maximum Gasteiger partial charge on any atom is 0.416 e. The summed E-state index contributed by atoms with van der Waals surface area (Å²) in [7, 11) is 3.04. The lowest BCUT2D eigenvalue weighted by atomic mass is 10.2. The molecular weight excluding hydrogens is 361 g/mol. The summed E-state index contributed by atoms with van der Waals surface area (Å²) < 4.78 is 49.1. The van der Waals surface area contributed by atoms with Crippen LogP contribution >= 0.6 is 0 Å². The monoisotopic (exact) mass is 378 g/mol. The number of hydrogen-bond acceptors (Lipinski definition) is 6. The SMILES string of the molecule is COc1cc2nc(C)nc(NCc3cc(C(F)(F)F)ccn3)c2cc1OC. The summed E-state index contributed by atoms with van der Waals surface area (Å²) in [5.74, 6) is 2.00. The Kier molecular flexibility index (Phi) is 5.02. The molecule has 0 unspecified atom stereocenters. The van der Waals surface area contributed by atoms with Gasteiger partial charge in [-0.3, -0.25) is 4.98 Å². The first-order valence-corrected chi connectivity index (χ1v) is 7.98. The third-order valence-corrected chi connectivity index (χ3v) is 3.89. The summed E-state index contributed by atoms with van der Waals surface area (Å²) in [5.41, 5.74) is 0.124. The third kappa shape index (κ3) is 4.02. The van der Waals surface area contributed by atoms with Crippen LogP contribution in [0.15, 0.2) is 30.5 Å². The summed E-state index contributed by atoms with van der Waals surface area (Å²) in [5, 5.41) is 3.69. The molecule has 0 radical (unpaired) electrons. The molecule has 3 aromatic rings. The van der Waals surface area contributed by atoms with Gasteiger partial charge in [-0.15, -0.1) is 0 Å². The van der Waals surface area contributed by atoms with Crippen molar-refractivity contribution in [3.63, 3.8) is 0 Å². The molecular formula is C18H17F3N4O2.